The highest BCUT2D eigenvalue weighted by Crippen LogP contribution is 2.20. The Kier molecular flexibility index (Phi) is 4.57. The Morgan fingerprint density at radius 3 is 3.05 bits per heavy atom. The van der Waals surface area contributed by atoms with E-state index in [0.717, 1.165) is 0 Å². The SMILES string of the molecule is CC#CC(O)NNc1nc(N)nc2c1cnn2CCCl. The number of hydrogen-bond donors (Lipinski definition) is 4. The normalized spacial score (nSPS) is 11.9. The second kappa shape index (κ2) is 6.38. The van der Waals surface area contributed by atoms with Crippen LogP contribution in [0.5, 0.6) is 0 Å². The third-order valence-electron chi connectivity index (χ3n) is 2.42. The smallest absolute Gasteiger partial charge is 0.224 e. The van der Waals surface area contributed by atoms with Gasteiger partial charge in [-0.2, -0.15) is 20.5 Å². The van der Waals surface area contributed by atoms with Gasteiger partial charge in [-0.15, -0.1) is 17.5 Å². The van der Waals surface area contributed by atoms with E-state index in [-0.39, 0.29) is 5.95 Å². The van der Waals surface area contributed by atoms with E-state index < -0.39 is 6.23 Å². The van der Waals surface area contributed by atoms with Gasteiger partial charge in [0.2, 0.25) is 5.95 Å². The Morgan fingerprint density at radius 1 is 1.55 bits per heavy atom. The number of anilines is 2. The number of fused-ring (bicyclic) bond motifs is 1. The van der Waals surface area contributed by atoms with Crippen LogP contribution in [0, 0.1) is 11.8 Å². The summed E-state index contributed by atoms with van der Waals surface area (Å²) in [6.45, 7) is 2.14. The maximum absolute atomic E-state index is 9.48. The number of nitrogens with zero attached hydrogens (tertiary/aromatic N) is 4. The van der Waals surface area contributed by atoms with E-state index in [1.165, 1.54) is 0 Å². The standard InChI is InChI=1S/C11H14ClN7O/c1-2-3-8(20)17-18-9-7-6-14-19(5-4-12)10(7)16-11(13)15-9/h6,8,17,20H,4-5H2,1H3,(H3,13,15,16,18). The average molecular weight is 296 g/mol. The summed E-state index contributed by atoms with van der Waals surface area (Å²) < 4.78 is 1.63. The highest BCUT2D eigenvalue weighted by atomic mass is 35.5. The molecule has 0 saturated heterocycles. The number of nitrogens with one attached hydrogen (secondary N) is 2. The number of nitrogen functional groups attached to an aromatic ring is 1. The van der Waals surface area contributed by atoms with Gasteiger partial charge >= 0.3 is 0 Å². The Hall–Kier alpha value is -2.08. The van der Waals surface area contributed by atoms with Gasteiger partial charge in [-0.05, 0) is 6.92 Å². The second-order valence-corrected chi connectivity index (χ2v) is 4.17. The number of alkyl halides is 1. The molecule has 2 heterocycles. The van der Waals surface area contributed by atoms with Crippen LogP contribution in [0.2, 0.25) is 0 Å². The number of nitrogens with two attached hydrogens (primary N) is 1. The van der Waals surface area contributed by atoms with Crippen LogP contribution >= 0.6 is 11.6 Å². The molecule has 0 bridgehead atoms. The molecule has 9 heteroatoms. The minimum atomic E-state index is -1.02. The van der Waals surface area contributed by atoms with E-state index in [2.05, 4.69) is 37.8 Å². The van der Waals surface area contributed by atoms with Gasteiger partial charge in [-0.1, -0.05) is 5.92 Å². The maximum atomic E-state index is 9.48. The molecule has 2 rings (SSSR count). The summed E-state index contributed by atoms with van der Waals surface area (Å²) in [6, 6.07) is 0. The first-order valence-corrected chi connectivity index (χ1v) is 6.36. The number of hydrazine groups is 1. The van der Waals surface area contributed by atoms with Crippen molar-refractivity contribution in [1.29, 1.82) is 0 Å². The predicted molar refractivity (Wildman–Crippen MR) is 76.7 cm³/mol. The van der Waals surface area contributed by atoms with Crippen molar-refractivity contribution in [2.75, 3.05) is 17.0 Å². The van der Waals surface area contributed by atoms with Crippen LogP contribution in [0.1, 0.15) is 6.92 Å². The molecule has 106 valence electrons. The number of aryl methyl sites for hydroxylation is 1. The van der Waals surface area contributed by atoms with E-state index in [9.17, 15) is 5.11 Å². The molecule has 0 saturated carbocycles. The van der Waals surface area contributed by atoms with Gasteiger partial charge < -0.3 is 16.3 Å². The molecule has 0 aromatic carbocycles. The summed E-state index contributed by atoms with van der Waals surface area (Å²) in [6.07, 6.45) is 0.576. The van der Waals surface area contributed by atoms with E-state index in [4.69, 9.17) is 17.3 Å². The van der Waals surface area contributed by atoms with Crippen molar-refractivity contribution in [3.8, 4) is 11.8 Å². The number of aromatic nitrogens is 4. The molecule has 1 unspecified atom stereocenters. The Balaban J connectivity index is 2.30. The van der Waals surface area contributed by atoms with Crippen LogP contribution in [0.15, 0.2) is 6.20 Å². The molecule has 0 aliphatic rings. The molecule has 1 atom stereocenters. The number of aliphatic hydroxyl groups excluding tert-OH is 1. The van der Waals surface area contributed by atoms with Crippen molar-refractivity contribution >= 4 is 34.4 Å². The maximum Gasteiger partial charge on any atom is 0.224 e. The fourth-order valence-electron chi connectivity index (χ4n) is 1.62. The third kappa shape index (κ3) is 3.08. The van der Waals surface area contributed by atoms with Crippen LogP contribution < -0.4 is 16.6 Å². The zero-order valence-electron chi connectivity index (χ0n) is 10.8. The fraction of sp³-hybridized carbons (Fsp3) is 0.364. The molecular formula is C11H14ClN7O. The van der Waals surface area contributed by atoms with Crippen molar-refractivity contribution in [3.05, 3.63) is 6.20 Å². The molecule has 8 nitrogen and oxygen atoms in total. The lowest BCUT2D eigenvalue weighted by Gasteiger charge is -2.10. The van der Waals surface area contributed by atoms with E-state index in [1.54, 1.807) is 17.8 Å². The molecule has 0 amide bonds. The molecular weight excluding hydrogens is 282 g/mol. The quantitative estimate of drug-likeness (QED) is 0.264. The summed E-state index contributed by atoms with van der Waals surface area (Å²) in [5, 5.41) is 14.3. The average Bonchev–Trinajstić information content (AvgIpc) is 2.80. The largest absolute Gasteiger partial charge is 0.368 e. The second-order valence-electron chi connectivity index (χ2n) is 3.79. The van der Waals surface area contributed by atoms with Crippen molar-refractivity contribution < 1.29 is 5.11 Å². The first-order chi connectivity index (χ1) is 9.65. The highest BCUT2D eigenvalue weighted by molar-refractivity contribution is 6.17. The van der Waals surface area contributed by atoms with E-state index >= 15 is 0 Å². The van der Waals surface area contributed by atoms with Gasteiger partial charge in [0.15, 0.2) is 17.7 Å². The number of hydrogen-bond acceptors (Lipinski definition) is 7. The summed E-state index contributed by atoms with van der Waals surface area (Å²) >= 11 is 5.70. The van der Waals surface area contributed by atoms with Crippen molar-refractivity contribution in [3.63, 3.8) is 0 Å². The van der Waals surface area contributed by atoms with E-state index in [1.807, 2.05) is 0 Å². The van der Waals surface area contributed by atoms with Crippen LogP contribution in [0.25, 0.3) is 11.0 Å². The lowest BCUT2D eigenvalue weighted by molar-refractivity contribution is 0.204. The van der Waals surface area contributed by atoms with Crippen LogP contribution in [-0.2, 0) is 6.54 Å². The Morgan fingerprint density at radius 2 is 2.35 bits per heavy atom. The summed E-state index contributed by atoms with van der Waals surface area (Å²) in [4.78, 5) is 8.18. The van der Waals surface area contributed by atoms with Crippen LogP contribution in [-0.4, -0.2) is 37.0 Å². The molecule has 2 aromatic rings. The Labute approximate surface area is 120 Å². The topological polar surface area (TPSA) is 114 Å². The van der Waals surface area contributed by atoms with Gasteiger partial charge in [0.05, 0.1) is 18.1 Å². The zero-order chi connectivity index (χ0) is 14.5. The van der Waals surface area contributed by atoms with Crippen LogP contribution in [0.3, 0.4) is 0 Å². The third-order valence-corrected chi connectivity index (χ3v) is 2.59. The molecule has 0 fully saturated rings. The molecule has 5 N–H and O–H groups in total. The number of halogens is 1. The van der Waals surface area contributed by atoms with Gasteiger partial charge in [-0.3, -0.25) is 0 Å². The van der Waals surface area contributed by atoms with Gasteiger partial charge in [-0.25, -0.2) is 4.68 Å². The molecule has 20 heavy (non-hydrogen) atoms. The first kappa shape index (κ1) is 14.3. The molecule has 0 aliphatic carbocycles. The summed E-state index contributed by atoms with van der Waals surface area (Å²) in [5.74, 6) is 6.01. The van der Waals surface area contributed by atoms with E-state index in [0.29, 0.717) is 29.3 Å². The molecule has 2 aromatic heterocycles. The Bertz CT molecular complexity index is 660. The minimum absolute atomic E-state index is 0.0918. The number of rotatable bonds is 5. The van der Waals surface area contributed by atoms with Gasteiger partial charge in [0.1, 0.15) is 0 Å². The number of aliphatic hydroxyl groups is 1. The highest BCUT2D eigenvalue weighted by Gasteiger charge is 2.12. The lowest BCUT2D eigenvalue weighted by atomic mass is 10.4. The van der Waals surface area contributed by atoms with Crippen molar-refractivity contribution in [1.82, 2.24) is 25.2 Å². The zero-order valence-corrected chi connectivity index (χ0v) is 11.5. The predicted octanol–water partition coefficient (Wildman–Crippen LogP) is -0.0945. The lowest BCUT2D eigenvalue weighted by Crippen LogP contribution is -2.33. The van der Waals surface area contributed by atoms with Gasteiger partial charge in [0, 0.05) is 5.88 Å². The summed E-state index contributed by atoms with van der Waals surface area (Å²) in [7, 11) is 0. The van der Waals surface area contributed by atoms with Crippen molar-refractivity contribution in [2.45, 2.75) is 19.7 Å². The minimum Gasteiger partial charge on any atom is -0.368 e. The van der Waals surface area contributed by atoms with Crippen LogP contribution in [0.4, 0.5) is 11.8 Å². The first-order valence-electron chi connectivity index (χ1n) is 5.82. The summed E-state index contributed by atoms with van der Waals surface area (Å²) in [5.41, 5.74) is 11.6. The molecule has 0 aliphatic heterocycles. The monoisotopic (exact) mass is 295 g/mol. The van der Waals surface area contributed by atoms with Gasteiger partial charge in [0.25, 0.3) is 0 Å². The molecule has 0 spiro atoms. The molecule has 0 radical (unpaired) electrons. The fourth-order valence-corrected chi connectivity index (χ4v) is 1.78. The van der Waals surface area contributed by atoms with Crippen molar-refractivity contribution in [2.24, 2.45) is 0 Å².